The second-order valence-electron chi connectivity index (χ2n) is 8.34. The number of ether oxygens (including phenoxy) is 1. The maximum absolute atomic E-state index is 13.7. The first-order valence-electron chi connectivity index (χ1n) is 10.7. The molecule has 162 valence electrons. The van der Waals surface area contributed by atoms with E-state index in [9.17, 15) is 14.7 Å². The van der Waals surface area contributed by atoms with E-state index >= 15 is 0 Å². The normalized spacial score (nSPS) is 14.7. The predicted octanol–water partition coefficient (Wildman–Crippen LogP) is 4.38. The smallest absolute Gasteiger partial charge is 0.258 e. The molecule has 1 aliphatic heterocycles. The molecular weight excluding hydrogens is 416 g/mol. The van der Waals surface area contributed by atoms with Crippen LogP contribution in [0.15, 0.2) is 82.4 Å². The number of fused-ring (bicyclic) bond motifs is 5. The monoisotopic (exact) mass is 436 g/mol. The fraction of sp³-hybridized carbons (Fsp3) is 0.111. The van der Waals surface area contributed by atoms with Crippen molar-refractivity contribution in [3.05, 3.63) is 110 Å². The van der Waals surface area contributed by atoms with Crippen LogP contribution >= 0.6 is 0 Å². The summed E-state index contributed by atoms with van der Waals surface area (Å²) in [6.07, 6.45) is 0. The highest BCUT2D eigenvalue weighted by molar-refractivity contribution is 5.90. The maximum Gasteiger partial charge on any atom is 0.258 e. The highest BCUT2D eigenvalue weighted by atomic mass is 16.5. The lowest BCUT2D eigenvalue weighted by molar-refractivity contribution is 0.444. The van der Waals surface area contributed by atoms with Crippen LogP contribution < -0.4 is 15.9 Å². The van der Waals surface area contributed by atoms with Crippen LogP contribution in [0.1, 0.15) is 22.6 Å². The van der Waals surface area contributed by atoms with Crippen LogP contribution in [0.25, 0.3) is 21.8 Å². The highest BCUT2D eigenvalue weighted by Crippen LogP contribution is 2.49. The molecule has 0 spiro atoms. The topological polar surface area (TPSA) is 73.5 Å². The highest BCUT2D eigenvalue weighted by Gasteiger charge is 2.37. The van der Waals surface area contributed by atoms with Crippen molar-refractivity contribution in [1.82, 2.24) is 9.13 Å². The van der Waals surface area contributed by atoms with Gasteiger partial charge in [0, 0.05) is 30.4 Å². The lowest BCUT2D eigenvalue weighted by Gasteiger charge is -2.30. The summed E-state index contributed by atoms with van der Waals surface area (Å²) in [5.41, 5.74) is 1.91. The lowest BCUT2D eigenvalue weighted by atomic mass is 9.82. The Morgan fingerprint density at radius 2 is 1.27 bits per heavy atom. The molecule has 0 amide bonds. The molecule has 0 radical (unpaired) electrons. The van der Waals surface area contributed by atoms with Crippen molar-refractivity contribution in [3.8, 4) is 17.2 Å². The van der Waals surface area contributed by atoms with Crippen LogP contribution in [0.5, 0.6) is 17.2 Å². The minimum atomic E-state index is -0.781. The van der Waals surface area contributed by atoms with Crippen molar-refractivity contribution in [3.63, 3.8) is 0 Å². The third-order valence-corrected chi connectivity index (χ3v) is 6.62. The minimum absolute atomic E-state index is 0.114. The summed E-state index contributed by atoms with van der Waals surface area (Å²) >= 11 is 0. The molecule has 2 aromatic heterocycles. The Labute approximate surface area is 188 Å². The summed E-state index contributed by atoms with van der Waals surface area (Å²) in [7, 11) is 3.39. The van der Waals surface area contributed by atoms with Crippen molar-refractivity contribution in [2.45, 2.75) is 5.92 Å². The number of aryl methyl sites for hydroxylation is 2. The van der Waals surface area contributed by atoms with E-state index in [1.165, 1.54) is 4.57 Å². The predicted molar refractivity (Wildman–Crippen MR) is 128 cm³/mol. The standard InChI is InChI=1S/C27H20N2O4/c1-28-18-12-6-3-9-15(18)24(30)22(26(28)31)21-17-11-5-8-14-20(17)33-25-16-10-4-7-13-19(16)29(2)27(32)23(21)25/h3-14,21,30H,1-2H3/t21-/m0/s1. The molecule has 6 rings (SSSR count). The molecule has 6 heteroatoms. The van der Waals surface area contributed by atoms with Crippen molar-refractivity contribution in [2.75, 3.05) is 0 Å². The van der Waals surface area contributed by atoms with Gasteiger partial charge in [0.05, 0.1) is 28.1 Å². The van der Waals surface area contributed by atoms with Gasteiger partial charge in [-0.15, -0.1) is 0 Å². The number of aromatic nitrogens is 2. The molecule has 0 saturated carbocycles. The number of rotatable bonds is 1. The zero-order chi connectivity index (χ0) is 22.9. The van der Waals surface area contributed by atoms with Gasteiger partial charge in [-0.05, 0) is 30.3 Å². The van der Waals surface area contributed by atoms with Crippen LogP contribution in [0.3, 0.4) is 0 Å². The molecule has 0 fully saturated rings. The number of para-hydroxylation sites is 3. The van der Waals surface area contributed by atoms with Crippen molar-refractivity contribution in [1.29, 1.82) is 0 Å². The van der Waals surface area contributed by atoms with Gasteiger partial charge in [0.2, 0.25) is 0 Å². The molecule has 1 aliphatic rings. The fourth-order valence-electron chi connectivity index (χ4n) is 5.00. The molecule has 1 N–H and O–H groups in total. The summed E-state index contributed by atoms with van der Waals surface area (Å²) in [4.78, 5) is 27.3. The van der Waals surface area contributed by atoms with Crippen molar-refractivity contribution >= 4 is 21.8 Å². The van der Waals surface area contributed by atoms with E-state index < -0.39 is 5.92 Å². The Morgan fingerprint density at radius 3 is 2.00 bits per heavy atom. The van der Waals surface area contributed by atoms with Crippen LogP contribution in [0.4, 0.5) is 0 Å². The average Bonchev–Trinajstić information content (AvgIpc) is 2.85. The van der Waals surface area contributed by atoms with E-state index in [0.717, 1.165) is 10.9 Å². The Bertz CT molecular complexity index is 1700. The van der Waals surface area contributed by atoms with Gasteiger partial charge in [-0.1, -0.05) is 42.5 Å². The SMILES string of the molecule is Cn1c(=O)c([C@@H]2c3ccccc3Oc3c2c(=O)n(C)c2ccccc32)c(O)c2ccccc21. The molecule has 6 nitrogen and oxygen atoms in total. The van der Waals surface area contributed by atoms with Crippen molar-refractivity contribution < 1.29 is 9.84 Å². The minimum Gasteiger partial charge on any atom is -0.507 e. The maximum atomic E-state index is 13.7. The summed E-state index contributed by atoms with van der Waals surface area (Å²) < 4.78 is 9.36. The van der Waals surface area contributed by atoms with Gasteiger partial charge < -0.3 is 19.0 Å². The third-order valence-electron chi connectivity index (χ3n) is 6.62. The first-order chi connectivity index (χ1) is 16.0. The Kier molecular flexibility index (Phi) is 4.01. The number of nitrogens with zero attached hydrogens (tertiary/aromatic N) is 2. The van der Waals surface area contributed by atoms with E-state index in [1.54, 1.807) is 30.8 Å². The van der Waals surface area contributed by atoms with Gasteiger partial charge in [-0.3, -0.25) is 9.59 Å². The second kappa shape index (κ2) is 6.84. The summed E-state index contributed by atoms with van der Waals surface area (Å²) in [6.45, 7) is 0. The van der Waals surface area contributed by atoms with E-state index in [0.29, 0.717) is 33.5 Å². The third kappa shape index (κ3) is 2.55. The van der Waals surface area contributed by atoms with Gasteiger partial charge in [-0.2, -0.15) is 0 Å². The van der Waals surface area contributed by atoms with Crippen molar-refractivity contribution in [2.24, 2.45) is 14.1 Å². The van der Waals surface area contributed by atoms with Crippen LogP contribution in [0.2, 0.25) is 0 Å². The van der Waals surface area contributed by atoms with E-state index in [-0.39, 0.29) is 22.4 Å². The van der Waals surface area contributed by atoms with Gasteiger partial charge in [0.1, 0.15) is 17.2 Å². The summed E-state index contributed by atoms with van der Waals surface area (Å²) in [5, 5.41) is 12.7. The van der Waals surface area contributed by atoms with E-state index in [4.69, 9.17) is 4.74 Å². The number of aromatic hydroxyl groups is 1. The molecular formula is C27H20N2O4. The number of benzene rings is 3. The quantitative estimate of drug-likeness (QED) is 0.415. The van der Waals surface area contributed by atoms with Gasteiger partial charge in [0.15, 0.2) is 0 Å². The molecule has 33 heavy (non-hydrogen) atoms. The number of pyridine rings is 2. The largest absolute Gasteiger partial charge is 0.507 e. The Balaban J connectivity index is 1.81. The van der Waals surface area contributed by atoms with Crippen LogP contribution in [-0.4, -0.2) is 14.2 Å². The molecule has 1 atom stereocenters. The molecule has 0 bridgehead atoms. The van der Waals surface area contributed by atoms with Crippen LogP contribution in [-0.2, 0) is 14.1 Å². The van der Waals surface area contributed by atoms with Crippen LogP contribution in [0, 0.1) is 0 Å². The number of hydrogen-bond donors (Lipinski definition) is 1. The molecule has 5 aromatic rings. The Morgan fingerprint density at radius 1 is 0.727 bits per heavy atom. The summed E-state index contributed by atoms with van der Waals surface area (Å²) in [6, 6.07) is 22.1. The lowest BCUT2D eigenvalue weighted by Crippen LogP contribution is -2.32. The second-order valence-corrected chi connectivity index (χ2v) is 8.34. The van der Waals surface area contributed by atoms with Gasteiger partial charge >= 0.3 is 0 Å². The number of hydrogen-bond acceptors (Lipinski definition) is 4. The zero-order valence-corrected chi connectivity index (χ0v) is 18.1. The first kappa shape index (κ1) is 19.4. The van der Waals surface area contributed by atoms with Gasteiger partial charge in [0.25, 0.3) is 11.1 Å². The Hall–Kier alpha value is -4.32. The van der Waals surface area contributed by atoms with E-state index in [1.807, 2.05) is 60.7 Å². The molecule has 3 heterocycles. The molecule has 0 saturated heterocycles. The average molecular weight is 436 g/mol. The fourth-order valence-corrected chi connectivity index (χ4v) is 5.00. The van der Waals surface area contributed by atoms with E-state index in [2.05, 4.69) is 0 Å². The molecule has 0 aliphatic carbocycles. The zero-order valence-electron chi connectivity index (χ0n) is 18.1. The molecule has 0 unspecified atom stereocenters. The summed E-state index contributed by atoms with van der Waals surface area (Å²) in [5.74, 6) is 0.0863. The van der Waals surface area contributed by atoms with Gasteiger partial charge in [-0.25, -0.2) is 0 Å². The first-order valence-corrected chi connectivity index (χ1v) is 10.7. The molecule has 3 aromatic carbocycles.